The number of halogens is 2. The Morgan fingerprint density at radius 3 is 2.37 bits per heavy atom. The van der Waals surface area contributed by atoms with E-state index < -0.39 is 0 Å². The molecule has 3 aromatic carbocycles. The number of methoxy groups -OCH3 is 1. The van der Waals surface area contributed by atoms with E-state index in [1.807, 2.05) is 54.6 Å². The molecule has 0 spiro atoms. The number of likely N-dealkylation sites (N-methyl/N-ethyl adjacent to an activating group) is 1. The minimum absolute atomic E-state index is 0. The Hall–Kier alpha value is -2.68. The average molecular weight is 534 g/mol. The van der Waals surface area contributed by atoms with Gasteiger partial charge in [0.25, 0.3) is 5.91 Å². The van der Waals surface area contributed by atoms with Crippen LogP contribution in [0.5, 0.6) is 5.75 Å². The van der Waals surface area contributed by atoms with Crippen molar-refractivity contribution in [3.8, 4) is 16.9 Å². The number of thiazole rings is 1. The van der Waals surface area contributed by atoms with E-state index in [0.717, 1.165) is 46.5 Å². The van der Waals surface area contributed by atoms with Crippen LogP contribution < -0.4 is 15.4 Å². The van der Waals surface area contributed by atoms with E-state index in [4.69, 9.17) is 4.74 Å². The van der Waals surface area contributed by atoms with Crippen molar-refractivity contribution in [1.82, 2.24) is 15.2 Å². The number of carbonyl (C=O) groups excluding carboxylic acids is 1. The summed E-state index contributed by atoms with van der Waals surface area (Å²) in [5.74, 6) is 0.508. The Balaban J connectivity index is 0.00000216. The number of anilines is 1. The summed E-state index contributed by atoms with van der Waals surface area (Å²) < 4.78 is 6.49. The molecule has 0 fully saturated rings. The predicted molar refractivity (Wildman–Crippen MR) is 151 cm³/mol. The Morgan fingerprint density at radius 2 is 1.71 bits per heavy atom. The average Bonchev–Trinajstić information content (AvgIpc) is 3.25. The lowest BCUT2D eigenvalue weighted by Gasteiger charge is -2.10. The summed E-state index contributed by atoms with van der Waals surface area (Å²) in [6.07, 6.45) is 0. The zero-order valence-electron chi connectivity index (χ0n) is 19.9. The first-order valence-corrected chi connectivity index (χ1v) is 11.7. The minimum Gasteiger partial charge on any atom is -0.494 e. The molecule has 4 rings (SSSR count). The minimum atomic E-state index is -0.179. The van der Waals surface area contributed by atoms with E-state index in [1.165, 1.54) is 11.3 Å². The number of aromatic nitrogens is 1. The van der Waals surface area contributed by atoms with Crippen molar-refractivity contribution >= 4 is 57.4 Å². The number of hydrogen-bond acceptors (Lipinski definition) is 6. The molecular weight excluding hydrogens is 503 g/mol. The Morgan fingerprint density at radius 1 is 1.00 bits per heavy atom. The molecule has 0 saturated heterocycles. The molecule has 0 aliphatic rings. The van der Waals surface area contributed by atoms with E-state index >= 15 is 0 Å². The van der Waals surface area contributed by atoms with Crippen molar-refractivity contribution in [2.45, 2.75) is 6.54 Å². The number of nitrogens with one attached hydrogen (secondary N) is 2. The monoisotopic (exact) mass is 532 g/mol. The molecule has 1 aromatic heterocycles. The highest BCUT2D eigenvalue weighted by molar-refractivity contribution is 7.23. The normalized spacial score (nSPS) is 10.5. The van der Waals surface area contributed by atoms with Crippen LogP contribution >= 0.6 is 36.2 Å². The second kappa shape index (κ2) is 13.4. The molecule has 0 atom stereocenters. The molecule has 0 aliphatic carbocycles. The van der Waals surface area contributed by atoms with Crippen LogP contribution in [0.25, 0.3) is 21.3 Å². The number of fused-ring (bicyclic) bond motifs is 1. The molecule has 186 valence electrons. The van der Waals surface area contributed by atoms with Crippen LogP contribution in [0, 0.1) is 0 Å². The lowest BCUT2D eigenvalue weighted by molar-refractivity contribution is 0.102. The van der Waals surface area contributed by atoms with E-state index in [9.17, 15) is 4.79 Å². The molecule has 1 heterocycles. The van der Waals surface area contributed by atoms with E-state index in [0.29, 0.717) is 16.4 Å². The maximum atomic E-state index is 12.9. The number of carbonyl (C=O) groups is 1. The highest BCUT2D eigenvalue weighted by atomic mass is 35.5. The maximum absolute atomic E-state index is 12.9. The second-order valence-corrected chi connectivity index (χ2v) is 9.01. The first-order chi connectivity index (χ1) is 16.0. The van der Waals surface area contributed by atoms with Crippen molar-refractivity contribution in [2.75, 3.05) is 39.6 Å². The van der Waals surface area contributed by atoms with Gasteiger partial charge in [0.05, 0.1) is 11.8 Å². The Kier molecular flexibility index (Phi) is 10.9. The van der Waals surface area contributed by atoms with Gasteiger partial charge in [0.2, 0.25) is 0 Å². The van der Waals surface area contributed by atoms with Gasteiger partial charge >= 0.3 is 0 Å². The molecule has 6 nitrogen and oxygen atoms in total. The molecule has 0 saturated carbocycles. The van der Waals surface area contributed by atoms with Gasteiger partial charge in [-0.05, 0) is 49.5 Å². The topological polar surface area (TPSA) is 66.5 Å². The van der Waals surface area contributed by atoms with Gasteiger partial charge in [0.15, 0.2) is 5.13 Å². The zero-order valence-corrected chi connectivity index (χ0v) is 22.4. The van der Waals surface area contributed by atoms with Gasteiger partial charge in [0, 0.05) is 30.8 Å². The first kappa shape index (κ1) is 28.6. The number of hydrogen-bond donors (Lipinski definition) is 2. The van der Waals surface area contributed by atoms with E-state index in [-0.39, 0.29) is 30.7 Å². The van der Waals surface area contributed by atoms with Gasteiger partial charge in [0.1, 0.15) is 11.3 Å². The quantitative estimate of drug-likeness (QED) is 0.270. The number of nitrogens with zero attached hydrogens (tertiary/aromatic N) is 2. The van der Waals surface area contributed by atoms with Crippen LogP contribution in [0.3, 0.4) is 0 Å². The molecule has 4 aromatic rings. The maximum Gasteiger partial charge on any atom is 0.257 e. The molecule has 0 radical (unpaired) electrons. The first-order valence-electron chi connectivity index (χ1n) is 10.8. The fraction of sp³-hybridized carbons (Fsp3) is 0.231. The molecule has 1 amide bonds. The van der Waals surface area contributed by atoms with Gasteiger partial charge in [-0.3, -0.25) is 10.1 Å². The van der Waals surface area contributed by atoms with Gasteiger partial charge in [-0.1, -0.05) is 53.8 Å². The lowest BCUT2D eigenvalue weighted by Crippen LogP contribution is -2.26. The number of rotatable bonds is 9. The van der Waals surface area contributed by atoms with Crippen molar-refractivity contribution in [3.05, 3.63) is 77.9 Å². The third-order valence-electron chi connectivity index (χ3n) is 5.31. The summed E-state index contributed by atoms with van der Waals surface area (Å²) in [6.45, 7) is 2.68. The number of ether oxygens (including phenoxy) is 1. The summed E-state index contributed by atoms with van der Waals surface area (Å²) in [5.41, 5.74) is 4.65. The molecule has 35 heavy (non-hydrogen) atoms. The largest absolute Gasteiger partial charge is 0.494 e. The summed E-state index contributed by atoms with van der Waals surface area (Å²) >= 11 is 1.45. The van der Waals surface area contributed by atoms with Crippen LogP contribution in [0.1, 0.15) is 15.9 Å². The second-order valence-electron chi connectivity index (χ2n) is 8.01. The third-order valence-corrected chi connectivity index (χ3v) is 6.32. The van der Waals surface area contributed by atoms with Crippen LogP contribution in [0.2, 0.25) is 0 Å². The molecular formula is C26H30Cl2N4O2S. The SMILES string of the molecule is COc1ccc(-c2ccccc2)c2sc(NC(=O)c3ccc(CNCCN(C)C)cc3)nc12.Cl.Cl. The summed E-state index contributed by atoms with van der Waals surface area (Å²) in [7, 11) is 5.74. The van der Waals surface area contributed by atoms with Crippen molar-refractivity contribution in [1.29, 1.82) is 0 Å². The Bertz CT molecular complexity index is 1230. The van der Waals surface area contributed by atoms with Gasteiger partial charge in [-0.15, -0.1) is 24.8 Å². The standard InChI is InChI=1S/C26H28N4O2S.2ClH/c1-30(2)16-15-27-17-18-9-11-20(12-10-18)25(31)29-26-28-23-22(32-3)14-13-21(24(23)33-26)19-7-5-4-6-8-19;;/h4-14,27H,15-17H2,1-3H3,(H,28,29,31);2*1H. The van der Waals surface area contributed by atoms with Crippen molar-refractivity contribution < 1.29 is 9.53 Å². The molecule has 0 bridgehead atoms. The fourth-order valence-electron chi connectivity index (χ4n) is 3.53. The summed E-state index contributed by atoms with van der Waals surface area (Å²) in [4.78, 5) is 19.7. The molecule has 0 unspecified atom stereocenters. The van der Waals surface area contributed by atoms with Gasteiger partial charge < -0.3 is 15.0 Å². The zero-order chi connectivity index (χ0) is 23.2. The van der Waals surface area contributed by atoms with Gasteiger partial charge in [-0.2, -0.15) is 0 Å². The Labute approximate surface area is 222 Å². The highest BCUT2D eigenvalue weighted by Gasteiger charge is 2.16. The molecule has 0 aliphatic heterocycles. The van der Waals surface area contributed by atoms with Crippen molar-refractivity contribution in [2.24, 2.45) is 0 Å². The number of benzene rings is 3. The van der Waals surface area contributed by atoms with Gasteiger partial charge in [-0.25, -0.2) is 4.98 Å². The van der Waals surface area contributed by atoms with E-state index in [2.05, 4.69) is 46.7 Å². The molecule has 9 heteroatoms. The van der Waals surface area contributed by atoms with Crippen LogP contribution in [-0.4, -0.2) is 50.1 Å². The predicted octanol–water partition coefficient (Wildman–Crippen LogP) is 5.72. The van der Waals surface area contributed by atoms with Crippen LogP contribution in [0.15, 0.2) is 66.7 Å². The van der Waals surface area contributed by atoms with Crippen LogP contribution in [0.4, 0.5) is 5.13 Å². The van der Waals surface area contributed by atoms with Crippen molar-refractivity contribution in [3.63, 3.8) is 0 Å². The summed E-state index contributed by atoms with van der Waals surface area (Å²) in [6, 6.07) is 21.8. The van der Waals surface area contributed by atoms with Crippen LogP contribution in [-0.2, 0) is 6.54 Å². The fourth-order valence-corrected chi connectivity index (χ4v) is 4.54. The summed E-state index contributed by atoms with van der Waals surface area (Å²) in [5, 5.41) is 6.90. The molecule has 2 N–H and O–H groups in total. The lowest BCUT2D eigenvalue weighted by atomic mass is 10.1. The third kappa shape index (κ3) is 7.16. The highest BCUT2D eigenvalue weighted by Crippen LogP contribution is 2.39. The number of amides is 1. The smallest absolute Gasteiger partial charge is 0.257 e. The van der Waals surface area contributed by atoms with E-state index in [1.54, 1.807) is 7.11 Å².